The molecule has 1 aliphatic heterocycles. The number of hydroxylamine groups is 1. The number of aliphatic imine (C=N–C) groups is 1. The molecule has 0 bridgehead atoms. The van der Waals surface area contributed by atoms with Crippen LogP contribution in [0.5, 0.6) is 5.88 Å². The van der Waals surface area contributed by atoms with Crippen LogP contribution < -0.4 is 10.2 Å². The highest BCUT2D eigenvalue weighted by Crippen LogP contribution is 2.30. The first-order valence-corrected chi connectivity index (χ1v) is 9.32. The Morgan fingerprint density at radius 1 is 1.27 bits per heavy atom. The number of aromatic nitrogens is 3. The van der Waals surface area contributed by atoms with E-state index in [2.05, 4.69) is 20.4 Å². The zero-order valence-electron chi connectivity index (χ0n) is 16.3. The third-order valence-electron chi connectivity index (χ3n) is 4.82. The van der Waals surface area contributed by atoms with Crippen molar-refractivity contribution in [2.45, 2.75) is 13.0 Å². The molecule has 30 heavy (non-hydrogen) atoms. The minimum absolute atomic E-state index is 0.245. The first kappa shape index (κ1) is 18.3. The molecule has 0 saturated carbocycles. The Morgan fingerprint density at radius 2 is 2.17 bits per heavy atom. The van der Waals surface area contributed by atoms with Crippen molar-refractivity contribution in [3.8, 4) is 11.6 Å². The lowest BCUT2D eigenvalue weighted by Crippen LogP contribution is -2.33. The number of nitrogens with one attached hydrogen (secondary N) is 1. The van der Waals surface area contributed by atoms with Crippen LogP contribution in [0.2, 0.25) is 0 Å². The number of nitrogens with zero attached hydrogens (tertiary/aromatic N) is 4. The summed E-state index contributed by atoms with van der Waals surface area (Å²) in [5.74, 6) is 1.03. The van der Waals surface area contributed by atoms with Gasteiger partial charge in [-0.25, -0.2) is 19.8 Å². The average Bonchev–Trinajstić information content (AvgIpc) is 3.40. The van der Waals surface area contributed by atoms with E-state index in [0.717, 1.165) is 11.4 Å². The second-order valence-corrected chi connectivity index (χ2v) is 6.85. The molecule has 1 aliphatic rings. The molecule has 0 aliphatic carbocycles. The Balaban J connectivity index is 1.50. The normalized spacial score (nSPS) is 16.4. The van der Waals surface area contributed by atoms with E-state index in [1.807, 2.05) is 29.8 Å². The molecular formula is C21H18FN5O3. The van der Waals surface area contributed by atoms with E-state index in [4.69, 9.17) is 14.0 Å². The van der Waals surface area contributed by atoms with Crippen LogP contribution in [0.3, 0.4) is 0 Å². The topological polar surface area (TPSA) is 86.7 Å². The number of methoxy groups -OCH3 is 1. The number of ether oxygens (including phenoxy) is 1. The summed E-state index contributed by atoms with van der Waals surface area (Å²) in [5, 5.41) is 0.419. The number of amidine groups is 1. The van der Waals surface area contributed by atoms with Gasteiger partial charge in [0.15, 0.2) is 5.84 Å². The van der Waals surface area contributed by atoms with Gasteiger partial charge < -0.3 is 13.7 Å². The summed E-state index contributed by atoms with van der Waals surface area (Å²) in [5.41, 5.74) is 5.45. The van der Waals surface area contributed by atoms with Gasteiger partial charge in [0.05, 0.1) is 24.5 Å². The maximum atomic E-state index is 14.0. The second-order valence-electron chi connectivity index (χ2n) is 6.85. The highest BCUT2D eigenvalue weighted by Gasteiger charge is 2.24. The summed E-state index contributed by atoms with van der Waals surface area (Å²) in [7, 11) is 1.55. The monoisotopic (exact) mass is 407 g/mol. The summed E-state index contributed by atoms with van der Waals surface area (Å²) in [6, 6.07) is 9.63. The van der Waals surface area contributed by atoms with E-state index in [1.165, 1.54) is 6.07 Å². The smallest absolute Gasteiger partial charge is 0.238 e. The van der Waals surface area contributed by atoms with E-state index in [-0.39, 0.29) is 12.4 Å². The maximum Gasteiger partial charge on any atom is 0.238 e. The lowest BCUT2D eigenvalue weighted by Gasteiger charge is -2.20. The second kappa shape index (κ2) is 7.27. The molecule has 0 spiro atoms. The van der Waals surface area contributed by atoms with Crippen LogP contribution in [-0.4, -0.2) is 34.1 Å². The van der Waals surface area contributed by atoms with Crippen molar-refractivity contribution in [1.82, 2.24) is 20.0 Å². The molecule has 3 aromatic heterocycles. The number of imidazole rings is 1. The van der Waals surface area contributed by atoms with Crippen molar-refractivity contribution in [2.75, 3.05) is 13.7 Å². The molecular weight excluding hydrogens is 389 g/mol. The maximum absolute atomic E-state index is 14.0. The Kier molecular flexibility index (Phi) is 4.44. The third-order valence-corrected chi connectivity index (χ3v) is 4.82. The highest BCUT2D eigenvalue weighted by atomic mass is 19.1. The van der Waals surface area contributed by atoms with Gasteiger partial charge >= 0.3 is 0 Å². The first-order valence-electron chi connectivity index (χ1n) is 9.32. The summed E-state index contributed by atoms with van der Waals surface area (Å²) in [6.07, 6.45) is 3.58. The van der Waals surface area contributed by atoms with Gasteiger partial charge in [-0.15, -0.1) is 0 Å². The van der Waals surface area contributed by atoms with E-state index in [1.54, 1.807) is 31.6 Å². The average molecular weight is 407 g/mol. The van der Waals surface area contributed by atoms with Crippen LogP contribution in [0, 0.1) is 12.7 Å². The molecule has 5 rings (SSSR count). The number of halogens is 1. The summed E-state index contributed by atoms with van der Waals surface area (Å²) >= 11 is 0. The molecule has 0 radical (unpaired) electrons. The zero-order chi connectivity index (χ0) is 20.7. The molecule has 4 aromatic rings. The number of rotatable bonds is 4. The number of benzene rings is 1. The van der Waals surface area contributed by atoms with Crippen molar-refractivity contribution >= 4 is 16.8 Å². The predicted molar refractivity (Wildman–Crippen MR) is 107 cm³/mol. The summed E-state index contributed by atoms with van der Waals surface area (Å²) < 4.78 is 27.1. The molecule has 0 amide bonds. The van der Waals surface area contributed by atoms with Crippen LogP contribution in [0.4, 0.5) is 4.39 Å². The Bertz CT molecular complexity index is 1260. The van der Waals surface area contributed by atoms with E-state index < -0.39 is 6.04 Å². The standard InChI is InChI=1S/C21H18FN5O3/c1-12-9-27(11-23-12)17-7-6-15(25-21(17)28-2)20-24-16(10-29-26-20)19-8-13-14(22)4-3-5-18(13)30-19/h3-9,11,16H,10H2,1-2H3,(H,24,26). The van der Waals surface area contributed by atoms with Crippen LogP contribution >= 0.6 is 0 Å². The molecule has 152 valence electrons. The summed E-state index contributed by atoms with van der Waals surface area (Å²) in [4.78, 5) is 18.9. The van der Waals surface area contributed by atoms with Gasteiger partial charge in [0.2, 0.25) is 5.88 Å². The van der Waals surface area contributed by atoms with Crippen LogP contribution in [0.25, 0.3) is 16.7 Å². The molecule has 1 aromatic carbocycles. The van der Waals surface area contributed by atoms with E-state index >= 15 is 0 Å². The van der Waals surface area contributed by atoms with Gasteiger partial charge in [-0.3, -0.25) is 9.83 Å². The fourth-order valence-electron chi connectivity index (χ4n) is 3.35. The Morgan fingerprint density at radius 3 is 2.93 bits per heavy atom. The van der Waals surface area contributed by atoms with Gasteiger partial charge in [-0.1, -0.05) is 6.07 Å². The van der Waals surface area contributed by atoms with Gasteiger partial charge in [0.1, 0.15) is 41.2 Å². The number of aryl methyl sites for hydroxylation is 1. The van der Waals surface area contributed by atoms with E-state index in [9.17, 15) is 4.39 Å². The third kappa shape index (κ3) is 3.18. The molecule has 1 N–H and O–H groups in total. The van der Waals surface area contributed by atoms with Crippen molar-refractivity contribution in [3.63, 3.8) is 0 Å². The minimum atomic E-state index is -0.434. The van der Waals surface area contributed by atoms with Crippen molar-refractivity contribution < 1.29 is 18.4 Å². The fourth-order valence-corrected chi connectivity index (χ4v) is 3.35. The number of furan rings is 1. The minimum Gasteiger partial charge on any atom is -0.479 e. The highest BCUT2D eigenvalue weighted by molar-refractivity contribution is 5.97. The number of pyridine rings is 1. The van der Waals surface area contributed by atoms with Crippen LogP contribution in [-0.2, 0) is 4.84 Å². The fraction of sp³-hybridized carbons (Fsp3) is 0.190. The largest absolute Gasteiger partial charge is 0.479 e. The number of hydrogen-bond donors (Lipinski definition) is 1. The molecule has 9 heteroatoms. The van der Waals surface area contributed by atoms with Crippen LogP contribution in [0.1, 0.15) is 23.2 Å². The predicted octanol–water partition coefficient (Wildman–Crippen LogP) is 3.49. The van der Waals surface area contributed by atoms with Crippen LogP contribution in [0.15, 0.2) is 58.3 Å². The molecule has 0 fully saturated rings. The van der Waals surface area contributed by atoms with Crippen molar-refractivity contribution in [3.05, 3.63) is 71.9 Å². The molecule has 8 nitrogen and oxygen atoms in total. The van der Waals surface area contributed by atoms with E-state index in [0.29, 0.717) is 34.1 Å². The lowest BCUT2D eigenvalue weighted by molar-refractivity contribution is 0.0581. The van der Waals surface area contributed by atoms with Crippen molar-refractivity contribution in [1.29, 1.82) is 0 Å². The van der Waals surface area contributed by atoms with Gasteiger partial charge in [-0.05, 0) is 37.3 Å². The molecule has 4 heterocycles. The van der Waals surface area contributed by atoms with Gasteiger partial charge in [0, 0.05) is 6.20 Å². The van der Waals surface area contributed by atoms with Gasteiger partial charge in [-0.2, -0.15) is 0 Å². The Hall–Kier alpha value is -3.72. The lowest BCUT2D eigenvalue weighted by atomic mass is 10.2. The molecule has 1 atom stereocenters. The Labute approximate surface area is 170 Å². The quantitative estimate of drug-likeness (QED) is 0.557. The SMILES string of the molecule is COc1nc(C2=NC(c3cc4c(F)cccc4o3)CON2)ccc1-n1cnc(C)c1. The number of fused-ring (bicyclic) bond motifs is 1. The summed E-state index contributed by atoms with van der Waals surface area (Å²) in [6.45, 7) is 2.15. The first-order chi connectivity index (χ1) is 14.6. The van der Waals surface area contributed by atoms with Crippen molar-refractivity contribution in [2.24, 2.45) is 4.99 Å². The van der Waals surface area contributed by atoms with Gasteiger partial charge in [0.25, 0.3) is 0 Å². The molecule has 1 unspecified atom stereocenters. The molecule has 0 saturated heterocycles. The number of hydrogen-bond acceptors (Lipinski definition) is 7. The zero-order valence-corrected chi connectivity index (χ0v) is 16.3.